The van der Waals surface area contributed by atoms with Crippen molar-refractivity contribution in [3.63, 3.8) is 0 Å². The molecule has 0 aliphatic rings. The summed E-state index contributed by atoms with van der Waals surface area (Å²) in [6.07, 6.45) is 0.844. The van der Waals surface area contributed by atoms with Crippen molar-refractivity contribution in [3.8, 4) is 11.5 Å². The van der Waals surface area contributed by atoms with E-state index in [1.165, 1.54) is 5.56 Å². The number of ether oxygens (including phenoxy) is 2. The lowest BCUT2D eigenvalue weighted by molar-refractivity contribution is 0.310. The second-order valence-corrected chi connectivity index (χ2v) is 7.77. The summed E-state index contributed by atoms with van der Waals surface area (Å²) in [5.41, 5.74) is 8.40. The van der Waals surface area contributed by atoms with Crippen LogP contribution in [0.25, 0.3) is 0 Å². The Kier molecular flexibility index (Phi) is 6.24. The maximum Gasteiger partial charge on any atom is 0.161 e. The highest BCUT2D eigenvalue weighted by Crippen LogP contribution is 2.32. The molecule has 0 saturated heterocycles. The number of hydrogen-bond acceptors (Lipinski definition) is 5. The highest BCUT2D eigenvalue weighted by Gasteiger charge is 2.21. The second kappa shape index (κ2) is 7.99. The summed E-state index contributed by atoms with van der Waals surface area (Å²) in [7, 11) is 1.67. The molecular weight excluding hydrogens is 320 g/mol. The van der Waals surface area contributed by atoms with E-state index in [1.807, 2.05) is 19.1 Å². The lowest BCUT2D eigenvalue weighted by atomic mass is 9.93. The standard InChI is InChI=1S/C19H28N2O2S/c1-6-23-15-8-7-13(10-16(15)22-5)9-14(11-20)18-21-17(12-24-18)19(2,3)4/h7-8,10,12,14H,6,9,11,20H2,1-5H3. The van der Waals surface area contributed by atoms with Gasteiger partial charge in [0.1, 0.15) is 0 Å². The first-order chi connectivity index (χ1) is 11.4. The van der Waals surface area contributed by atoms with Gasteiger partial charge in [0, 0.05) is 23.3 Å². The molecule has 1 aromatic heterocycles. The largest absolute Gasteiger partial charge is 0.493 e. The number of thiazole rings is 1. The van der Waals surface area contributed by atoms with Crippen LogP contribution in [0.2, 0.25) is 0 Å². The third-order valence-corrected chi connectivity index (χ3v) is 4.94. The molecule has 0 aliphatic heterocycles. The molecule has 132 valence electrons. The summed E-state index contributed by atoms with van der Waals surface area (Å²) in [4.78, 5) is 4.82. The van der Waals surface area contributed by atoms with Gasteiger partial charge in [-0.05, 0) is 31.0 Å². The molecule has 4 nitrogen and oxygen atoms in total. The number of benzene rings is 1. The summed E-state index contributed by atoms with van der Waals surface area (Å²) < 4.78 is 11.0. The summed E-state index contributed by atoms with van der Waals surface area (Å²) in [6.45, 7) is 9.71. The van der Waals surface area contributed by atoms with Crippen molar-refractivity contribution >= 4 is 11.3 Å². The number of methoxy groups -OCH3 is 1. The molecule has 0 fully saturated rings. The number of rotatable bonds is 7. The van der Waals surface area contributed by atoms with Gasteiger partial charge in [0.2, 0.25) is 0 Å². The summed E-state index contributed by atoms with van der Waals surface area (Å²) in [6, 6.07) is 6.08. The molecule has 5 heteroatoms. The summed E-state index contributed by atoms with van der Waals surface area (Å²) >= 11 is 1.70. The third-order valence-electron chi connectivity index (χ3n) is 3.93. The minimum atomic E-state index is 0.0657. The van der Waals surface area contributed by atoms with Crippen molar-refractivity contribution in [3.05, 3.63) is 39.8 Å². The number of aromatic nitrogens is 1. The van der Waals surface area contributed by atoms with Crippen molar-refractivity contribution in [1.29, 1.82) is 0 Å². The van der Waals surface area contributed by atoms with Crippen LogP contribution in [0.4, 0.5) is 0 Å². The Hall–Kier alpha value is -1.59. The van der Waals surface area contributed by atoms with Crippen molar-refractivity contribution in [2.45, 2.75) is 45.4 Å². The fourth-order valence-electron chi connectivity index (χ4n) is 2.49. The van der Waals surface area contributed by atoms with E-state index in [2.05, 4.69) is 32.2 Å². The van der Waals surface area contributed by atoms with E-state index in [0.29, 0.717) is 13.2 Å². The Labute approximate surface area is 149 Å². The van der Waals surface area contributed by atoms with Crippen LogP contribution in [-0.4, -0.2) is 25.2 Å². The van der Waals surface area contributed by atoms with Crippen LogP contribution in [0.15, 0.2) is 23.6 Å². The SMILES string of the molecule is CCOc1ccc(CC(CN)c2nc(C(C)(C)C)cs2)cc1OC. The van der Waals surface area contributed by atoms with Gasteiger partial charge < -0.3 is 15.2 Å². The topological polar surface area (TPSA) is 57.4 Å². The van der Waals surface area contributed by atoms with Crippen molar-refractivity contribution in [2.75, 3.05) is 20.3 Å². The van der Waals surface area contributed by atoms with Crippen LogP contribution in [0, 0.1) is 0 Å². The lowest BCUT2D eigenvalue weighted by Crippen LogP contribution is -2.16. The number of hydrogen-bond donors (Lipinski definition) is 1. The molecule has 2 rings (SSSR count). The fraction of sp³-hybridized carbons (Fsp3) is 0.526. The molecule has 1 unspecified atom stereocenters. The van der Waals surface area contributed by atoms with Gasteiger partial charge >= 0.3 is 0 Å². The first-order valence-corrected chi connectivity index (χ1v) is 9.22. The normalized spacial score (nSPS) is 12.9. The molecule has 0 spiro atoms. The molecule has 0 aliphatic carbocycles. The smallest absolute Gasteiger partial charge is 0.161 e. The number of nitrogens with two attached hydrogens (primary N) is 1. The zero-order valence-electron chi connectivity index (χ0n) is 15.3. The van der Waals surface area contributed by atoms with Crippen LogP contribution < -0.4 is 15.2 Å². The number of nitrogens with zero attached hydrogens (tertiary/aromatic N) is 1. The van der Waals surface area contributed by atoms with Crippen molar-refractivity contribution in [2.24, 2.45) is 5.73 Å². The quantitative estimate of drug-likeness (QED) is 0.817. The zero-order chi connectivity index (χ0) is 17.7. The molecule has 1 atom stereocenters. The maximum atomic E-state index is 6.03. The Bertz CT molecular complexity index is 662. The van der Waals surface area contributed by atoms with Gasteiger partial charge in [-0.25, -0.2) is 4.98 Å². The molecule has 1 aromatic carbocycles. The van der Waals surface area contributed by atoms with Gasteiger partial charge in [-0.2, -0.15) is 0 Å². The first-order valence-electron chi connectivity index (χ1n) is 8.34. The van der Waals surface area contributed by atoms with Crippen LogP contribution in [0.5, 0.6) is 11.5 Å². The average molecular weight is 349 g/mol. The Balaban J connectivity index is 2.19. The van der Waals surface area contributed by atoms with E-state index in [9.17, 15) is 0 Å². The molecular formula is C19H28N2O2S. The molecule has 0 radical (unpaired) electrons. The van der Waals surface area contributed by atoms with E-state index in [0.717, 1.165) is 28.6 Å². The Morgan fingerprint density at radius 1 is 1.25 bits per heavy atom. The highest BCUT2D eigenvalue weighted by atomic mass is 32.1. The van der Waals surface area contributed by atoms with Gasteiger partial charge in [-0.3, -0.25) is 0 Å². The first kappa shape index (κ1) is 18.7. The molecule has 2 N–H and O–H groups in total. The zero-order valence-corrected chi connectivity index (χ0v) is 16.1. The fourth-order valence-corrected chi connectivity index (χ4v) is 3.65. The minimum absolute atomic E-state index is 0.0657. The lowest BCUT2D eigenvalue weighted by Gasteiger charge is -2.16. The molecule has 0 amide bonds. The van der Waals surface area contributed by atoms with E-state index >= 15 is 0 Å². The Morgan fingerprint density at radius 2 is 2.00 bits per heavy atom. The minimum Gasteiger partial charge on any atom is -0.493 e. The average Bonchev–Trinajstić information content (AvgIpc) is 3.04. The summed E-state index contributed by atoms with van der Waals surface area (Å²) in [5, 5.41) is 3.26. The van der Waals surface area contributed by atoms with Gasteiger partial charge in [0.15, 0.2) is 11.5 Å². The summed E-state index contributed by atoms with van der Waals surface area (Å²) in [5.74, 6) is 1.76. The third kappa shape index (κ3) is 4.48. The highest BCUT2D eigenvalue weighted by molar-refractivity contribution is 7.09. The maximum absolute atomic E-state index is 6.03. The van der Waals surface area contributed by atoms with Gasteiger partial charge in [-0.1, -0.05) is 26.8 Å². The predicted molar refractivity (Wildman–Crippen MR) is 100 cm³/mol. The molecule has 24 heavy (non-hydrogen) atoms. The van der Waals surface area contributed by atoms with Crippen LogP contribution in [0.1, 0.15) is 49.9 Å². The molecule has 0 bridgehead atoms. The molecule has 2 aromatic rings. The second-order valence-electron chi connectivity index (χ2n) is 6.88. The van der Waals surface area contributed by atoms with Crippen molar-refractivity contribution < 1.29 is 9.47 Å². The van der Waals surface area contributed by atoms with Crippen LogP contribution >= 0.6 is 11.3 Å². The van der Waals surface area contributed by atoms with E-state index in [4.69, 9.17) is 20.2 Å². The van der Waals surface area contributed by atoms with Crippen molar-refractivity contribution in [1.82, 2.24) is 4.98 Å². The van der Waals surface area contributed by atoms with E-state index in [1.54, 1.807) is 18.4 Å². The van der Waals surface area contributed by atoms with Gasteiger partial charge in [-0.15, -0.1) is 11.3 Å². The van der Waals surface area contributed by atoms with E-state index < -0.39 is 0 Å². The van der Waals surface area contributed by atoms with Crippen LogP contribution in [-0.2, 0) is 11.8 Å². The van der Waals surface area contributed by atoms with Gasteiger partial charge in [0.05, 0.1) is 24.4 Å². The Morgan fingerprint density at radius 3 is 2.54 bits per heavy atom. The van der Waals surface area contributed by atoms with Gasteiger partial charge in [0.25, 0.3) is 0 Å². The monoisotopic (exact) mass is 348 g/mol. The molecule has 1 heterocycles. The molecule has 0 saturated carbocycles. The van der Waals surface area contributed by atoms with Crippen LogP contribution in [0.3, 0.4) is 0 Å². The predicted octanol–water partition coefficient (Wildman–Crippen LogP) is 4.13. The van der Waals surface area contributed by atoms with E-state index in [-0.39, 0.29) is 11.3 Å².